The molecule has 0 saturated carbocycles. The van der Waals surface area contributed by atoms with Gasteiger partial charge >= 0.3 is 0 Å². The number of nitrogens with zero attached hydrogens (tertiary/aromatic N) is 2. The number of nitriles is 1. The van der Waals surface area contributed by atoms with Gasteiger partial charge in [-0.3, -0.25) is 4.79 Å². The number of aryl methyl sites for hydroxylation is 1. The highest BCUT2D eigenvalue weighted by Gasteiger charge is 2.11. The Morgan fingerprint density at radius 1 is 1.36 bits per heavy atom. The summed E-state index contributed by atoms with van der Waals surface area (Å²) in [6.45, 7) is 1.75. The zero-order chi connectivity index (χ0) is 18.0. The van der Waals surface area contributed by atoms with E-state index in [0.29, 0.717) is 32.8 Å². The van der Waals surface area contributed by atoms with Gasteiger partial charge in [-0.25, -0.2) is 4.98 Å². The summed E-state index contributed by atoms with van der Waals surface area (Å²) >= 11 is 7.66. The number of H-pyrrole nitrogens is 1. The van der Waals surface area contributed by atoms with Crippen molar-refractivity contribution in [3.63, 3.8) is 0 Å². The molecule has 0 aliphatic carbocycles. The van der Waals surface area contributed by atoms with Crippen LogP contribution in [0.4, 0.5) is 0 Å². The van der Waals surface area contributed by atoms with E-state index in [0.717, 1.165) is 16.5 Å². The minimum absolute atomic E-state index is 0.228. The molecule has 0 unspecified atom stereocenters. The maximum absolute atomic E-state index is 11.7. The number of methoxy groups -OCH3 is 1. The highest BCUT2D eigenvalue weighted by molar-refractivity contribution is 7.98. The molecule has 1 aromatic carbocycles. The average molecular weight is 372 g/mol. The predicted molar refractivity (Wildman–Crippen MR) is 99.4 cm³/mol. The van der Waals surface area contributed by atoms with Crippen molar-refractivity contribution in [3.05, 3.63) is 62.5 Å². The molecule has 0 saturated heterocycles. The second kappa shape index (κ2) is 7.18. The van der Waals surface area contributed by atoms with Gasteiger partial charge in [0.2, 0.25) is 5.56 Å². The van der Waals surface area contributed by atoms with E-state index in [1.807, 2.05) is 24.3 Å². The molecule has 0 aliphatic rings. The van der Waals surface area contributed by atoms with Gasteiger partial charge in [-0.1, -0.05) is 11.6 Å². The number of benzene rings is 1. The summed E-state index contributed by atoms with van der Waals surface area (Å²) in [6, 6.07) is 11.1. The second-order valence-electron chi connectivity index (χ2n) is 5.42. The van der Waals surface area contributed by atoms with Gasteiger partial charge in [-0.2, -0.15) is 5.26 Å². The van der Waals surface area contributed by atoms with Crippen molar-refractivity contribution < 1.29 is 4.74 Å². The number of thioether (sulfide) groups is 1. The maximum atomic E-state index is 11.7. The molecule has 0 bridgehead atoms. The van der Waals surface area contributed by atoms with Crippen molar-refractivity contribution in [1.29, 1.82) is 5.26 Å². The van der Waals surface area contributed by atoms with Gasteiger partial charge in [-0.05, 0) is 30.7 Å². The van der Waals surface area contributed by atoms with E-state index in [1.54, 1.807) is 14.0 Å². The van der Waals surface area contributed by atoms with Crippen LogP contribution in [0.1, 0.15) is 16.7 Å². The topological polar surface area (TPSA) is 78.8 Å². The summed E-state index contributed by atoms with van der Waals surface area (Å²) in [4.78, 5) is 18.8. The van der Waals surface area contributed by atoms with E-state index in [4.69, 9.17) is 16.3 Å². The monoisotopic (exact) mass is 371 g/mol. The van der Waals surface area contributed by atoms with Crippen LogP contribution in [0, 0.1) is 18.3 Å². The van der Waals surface area contributed by atoms with Crippen LogP contribution in [0.25, 0.3) is 10.9 Å². The predicted octanol–water partition coefficient (Wildman–Crippen LogP) is 4.06. The fourth-order valence-electron chi connectivity index (χ4n) is 2.45. The lowest BCUT2D eigenvalue weighted by Crippen LogP contribution is -2.08. The molecular formula is C18H14ClN3O2S. The fourth-order valence-corrected chi connectivity index (χ4v) is 3.79. The molecule has 3 rings (SSSR count). The summed E-state index contributed by atoms with van der Waals surface area (Å²) in [5.41, 5.74) is 2.48. The molecule has 3 aromatic rings. The number of fused-ring (bicyclic) bond motifs is 1. The molecule has 0 amide bonds. The largest absolute Gasteiger partial charge is 0.497 e. The quantitative estimate of drug-likeness (QED) is 0.552. The minimum atomic E-state index is -0.228. The van der Waals surface area contributed by atoms with E-state index in [1.165, 1.54) is 17.8 Å². The standard InChI is InChI=1S/C18H14ClN3O2S/c1-10-5-16(23)22-18(14(10)8-20)25-9-12-6-11-3-4-13(24-2)7-15(11)21-17(12)19/h3-7H,9H2,1-2H3,(H,22,23). The number of pyridine rings is 2. The Morgan fingerprint density at radius 3 is 2.88 bits per heavy atom. The van der Waals surface area contributed by atoms with E-state index < -0.39 is 0 Å². The van der Waals surface area contributed by atoms with Crippen LogP contribution in [-0.2, 0) is 5.75 Å². The Hall–Kier alpha value is -2.49. The Balaban J connectivity index is 1.93. The van der Waals surface area contributed by atoms with Crippen molar-refractivity contribution >= 4 is 34.3 Å². The Bertz CT molecular complexity index is 1060. The van der Waals surface area contributed by atoms with Crippen LogP contribution in [0.5, 0.6) is 5.75 Å². The molecule has 2 aromatic heterocycles. The highest BCUT2D eigenvalue weighted by atomic mass is 35.5. The molecule has 0 atom stereocenters. The maximum Gasteiger partial charge on any atom is 0.249 e. The summed E-state index contributed by atoms with van der Waals surface area (Å²) in [7, 11) is 1.60. The zero-order valence-corrected chi connectivity index (χ0v) is 15.2. The summed E-state index contributed by atoms with van der Waals surface area (Å²) in [5.74, 6) is 1.20. The van der Waals surface area contributed by atoms with Gasteiger partial charge in [0, 0.05) is 28.8 Å². The van der Waals surface area contributed by atoms with Gasteiger partial charge in [-0.15, -0.1) is 11.8 Å². The molecular weight excluding hydrogens is 358 g/mol. The van der Waals surface area contributed by atoms with Gasteiger partial charge in [0.1, 0.15) is 17.0 Å². The van der Waals surface area contributed by atoms with Crippen molar-refractivity contribution in [1.82, 2.24) is 9.97 Å². The molecule has 0 aliphatic heterocycles. The van der Waals surface area contributed by atoms with Crippen LogP contribution in [0.2, 0.25) is 5.15 Å². The Labute approximate surface area is 153 Å². The SMILES string of the molecule is COc1ccc2cc(CSc3[nH]c(=O)cc(C)c3C#N)c(Cl)nc2c1. The number of aromatic nitrogens is 2. The molecule has 5 nitrogen and oxygen atoms in total. The molecule has 7 heteroatoms. The molecule has 2 heterocycles. The van der Waals surface area contributed by atoms with E-state index >= 15 is 0 Å². The lowest BCUT2D eigenvalue weighted by molar-refractivity contribution is 0.415. The van der Waals surface area contributed by atoms with E-state index in [9.17, 15) is 10.1 Å². The van der Waals surface area contributed by atoms with Crippen molar-refractivity contribution in [2.24, 2.45) is 0 Å². The first-order chi connectivity index (χ1) is 12.0. The normalized spacial score (nSPS) is 10.6. The summed E-state index contributed by atoms with van der Waals surface area (Å²) in [5, 5.41) is 11.2. The minimum Gasteiger partial charge on any atom is -0.497 e. The third-order valence-corrected chi connectivity index (χ3v) is 5.12. The number of rotatable bonds is 4. The lowest BCUT2D eigenvalue weighted by Gasteiger charge is -2.09. The number of aromatic amines is 1. The first kappa shape index (κ1) is 17.3. The number of halogens is 1. The first-order valence-electron chi connectivity index (χ1n) is 7.42. The summed E-state index contributed by atoms with van der Waals surface area (Å²) in [6.07, 6.45) is 0. The lowest BCUT2D eigenvalue weighted by atomic mass is 10.1. The van der Waals surface area contributed by atoms with Crippen molar-refractivity contribution in [3.8, 4) is 11.8 Å². The molecule has 0 radical (unpaired) electrons. The van der Waals surface area contributed by atoms with Gasteiger partial charge in [0.25, 0.3) is 0 Å². The van der Waals surface area contributed by atoms with Crippen LogP contribution in [-0.4, -0.2) is 17.1 Å². The number of hydrogen-bond acceptors (Lipinski definition) is 5. The number of ether oxygens (including phenoxy) is 1. The van der Waals surface area contributed by atoms with Crippen LogP contribution >= 0.6 is 23.4 Å². The Morgan fingerprint density at radius 2 is 2.16 bits per heavy atom. The smallest absolute Gasteiger partial charge is 0.249 e. The van der Waals surface area contributed by atoms with Gasteiger partial charge in [0.15, 0.2) is 0 Å². The van der Waals surface area contributed by atoms with E-state index in [2.05, 4.69) is 16.0 Å². The molecule has 0 spiro atoms. The van der Waals surface area contributed by atoms with Crippen molar-refractivity contribution in [2.75, 3.05) is 7.11 Å². The van der Waals surface area contributed by atoms with Crippen molar-refractivity contribution in [2.45, 2.75) is 17.7 Å². The number of hydrogen-bond donors (Lipinski definition) is 1. The zero-order valence-electron chi connectivity index (χ0n) is 13.6. The summed E-state index contributed by atoms with van der Waals surface area (Å²) < 4.78 is 5.19. The third kappa shape index (κ3) is 3.63. The average Bonchev–Trinajstić information content (AvgIpc) is 2.59. The fraction of sp³-hybridized carbons (Fsp3) is 0.167. The van der Waals surface area contributed by atoms with Gasteiger partial charge < -0.3 is 9.72 Å². The van der Waals surface area contributed by atoms with Crippen LogP contribution in [0.15, 0.2) is 40.2 Å². The molecule has 0 fully saturated rings. The van der Waals surface area contributed by atoms with E-state index in [-0.39, 0.29) is 5.56 Å². The van der Waals surface area contributed by atoms with Crippen LogP contribution < -0.4 is 10.3 Å². The first-order valence-corrected chi connectivity index (χ1v) is 8.78. The van der Waals surface area contributed by atoms with Gasteiger partial charge in [0.05, 0.1) is 23.2 Å². The second-order valence-corrected chi connectivity index (χ2v) is 6.76. The number of nitrogens with one attached hydrogen (secondary N) is 1. The highest BCUT2D eigenvalue weighted by Crippen LogP contribution is 2.30. The molecule has 25 heavy (non-hydrogen) atoms. The molecule has 126 valence electrons. The molecule has 1 N–H and O–H groups in total. The van der Waals surface area contributed by atoms with Crippen LogP contribution in [0.3, 0.4) is 0 Å². The third-order valence-electron chi connectivity index (χ3n) is 3.74. The Kier molecular flexibility index (Phi) is 4.98.